The van der Waals surface area contributed by atoms with Crippen molar-refractivity contribution < 1.29 is 18.3 Å². The number of halogens is 4. The molecule has 0 unspecified atom stereocenters. The second kappa shape index (κ2) is 5.32. The van der Waals surface area contributed by atoms with Crippen LogP contribution in [0, 0.1) is 5.92 Å². The summed E-state index contributed by atoms with van der Waals surface area (Å²) in [5.41, 5.74) is 4.96. The van der Waals surface area contributed by atoms with E-state index in [9.17, 15) is 18.3 Å². The maximum Gasteiger partial charge on any atom is 0.416 e. The molecule has 0 aromatic heterocycles. The first kappa shape index (κ1) is 14.7. The van der Waals surface area contributed by atoms with E-state index in [0.717, 1.165) is 31.7 Å². The van der Waals surface area contributed by atoms with Crippen molar-refractivity contribution >= 4 is 15.9 Å². The van der Waals surface area contributed by atoms with Crippen LogP contribution < -0.4 is 5.73 Å². The smallest absolute Gasteiger partial charge is 0.416 e. The summed E-state index contributed by atoms with van der Waals surface area (Å²) in [5.74, 6) is -0.393. The molecular weight excluding hydrogens is 323 g/mol. The van der Waals surface area contributed by atoms with E-state index >= 15 is 0 Å². The van der Waals surface area contributed by atoms with Crippen LogP contribution in [0.4, 0.5) is 13.2 Å². The molecule has 0 bridgehead atoms. The van der Waals surface area contributed by atoms with Gasteiger partial charge in [-0.1, -0.05) is 12.8 Å². The van der Waals surface area contributed by atoms with Crippen LogP contribution >= 0.6 is 15.9 Å². The number of aromatic hydroxyl groups is 1. The summed E-state index contributed by atoms with van der Waals surface area (Å²) >= 11 is 3.05. The van der Waals surface area contributed by atoms with Gasteiger partial charge >= 0.3 is 6.18 Å². The summed E-state index contributed by atoms with van der Waals surface area (Å²) in [7, 11) is 0. The molecule has 1 aliphatic carbocycles. The fourth-order valence-corrected chi connectivity index (χ4v) is 3.06. The molecule has 1 saturated carbocycles. The summed E-state index contributed by atoms with van der Waals surface area (Å²) in [6, 6.07) is 1.38. The minimum atomic E-state index is -4.51. The van der Waals surface area contributed by atoms with E-state index in [4.69, 9.17) is 5.73 Å². The molecule has 1 fully saturated rings. The van der Waals surface area contributed by atoms with Crippen molar-refractivity contribution in [2.24, 2.45) is 11.7 Å². The fourth-order valence-electron chi connectivity index (χ4n) is 2.72. The van der Waals surface area contributed by atoms with E-state index in [1.165, 1.54) is 6.07 Å². The number of nitrogens with two attached hydrogens (primary N) is 1. The molecule has 0 saturated heterocycles. The van der Waals surface area contributed by atoms with Gasteiger partial charge in [0.25, 0.3) is 0 Å². The molecule has 0 amide bonds. The molecule has 0 radical (unpaired) electrons. The van der Waals surface area contributed by atoms with Gasteiger partial charge in [-0.3, -0.25) is 0 Å². The first-order valence-corrected chi connectivity index (χ1v) is 6.96. The minimum absolute atomic E-state index is 0.00120. The lowest BCUT2D eigenvalue weighted by Crippen LogP contribution is -2.23. The zero-order chi connectivity index (χ0) is 14.2. The topological polar surface area (TPSA) is 46.2 Å². The highest BCUT2D eigenvalue weighted by atomic mass is 79.9. The molecular formula is C13H15BrF3NO. The van der Waals surface area contributed by atoms with Crippen molar-refractivity contribution in [1.82, 2.24) is 0 Å². The molecule has 1 atom stereocenters. The summed E-state index contributed by atoms with van der Waals surface area (Å²) < 4.78 is 39.3. The van der Waals surface area contributed by atoms with Crippen LogP contribution in [0.15, 0.2) is 16.6 Å². The number of phenolic OH excluding ortho intramolecular Hbond substituents is 1. The van der Waals surface area contributed by atoms with E-state index in [0.29, 0.717) is 0 Å². The maximum absolute atomic E-state index is 13.0. The Balaban J connectivity index is 2.49. The third kappa shape index (κ3) is 2.89. The lowest BCUT2D eigenvalue weighted by Gasteiger charge is -2.24. The predicted molar refractivity (Wildman–Crippen MR) is 69.7 cm³/mol. The number of benzene rings is 1. The van der Waals surface area contributed by atoms with Gasteiger partial charge in [0.15, 0.2) is 0 Å². The van der Waals surface area contributed by atoms with Gasteiger partial charge in [-0.15, -0.1) is 0 Å². The third-order valence-corrected chi connectivity index (χ3v) is 4.35. The highest BCUT2D eigenvalue weighted by Gasteiger charge is 2.38. The first-order chi connectivity index (χ1) is 8.82. The van der Waals surface area contributed by atoms with Crippen molar-refractivity contribution in [3.8, 4) is 5.75 Å². The van der Waals surface area contributed by atoms with Crippen molar-refractivity contribution in [2.45, 2.75) is 37.9 Å². The monoisotopic (exact) mass is 337 g/mol. The zero-order valence-corrected chi connectivity index (χ0v) is 11.8. The molecule has 2 rings (SSSR count). The molecule has 6 heteroatoms. The minimum Gasteiger partial charge on any atom is -0.506 e. The molecule has 1 aromatic carbocycles. The summed E-state index contributed by atoms with van der Waals surface area (Å²) in [5, 5.41) is 9.95. The van der Waals surface area contributed by atoms with Gasteiger partial charge in [-0.05, 0) is 46.8 Å². The number of alkyl halides is 3. The van der Waals surface area contributed by atoms with Gasteiger partial charge in [0, 0.05) is 11.6 Å². The van der Waals surface area contributed by atoms with E-state index < -0.39 is 23.5 Å². The Hall–Kier alpha value is -0.750. The van der Waals surface area contributed by atoms with Gasteiger partial charge < -0.3 is 10.8 Å². The van der Waals surface area contributed by atoms with Gasteiger partial charge in [0.05, 0.1) is 10.0 Å². The average molecular weight is 338 g/mol. The van der Waals surface area contributed by atoms with E-state index in [-0.39, 0.29) is 16.0 Å². The molecule has 2 nitrogen and oxygen atoms in total. The van der Waals surface area contributed by atoms with E-state index in [1.807, 2.05) is 0 Å². The Morgan fingerprint density at radius 2 is 1.84 bits per heavy atom. The van der Waals surface area contributed by atoms with Crippen molar-refractivity contribution in [3.05, 3.63) is 27.7 Å². The Bertz CT molecular complexity index is 470. The van der Waals surface area contributed by atoms with Crippen molar-refractivity contribution in [1.29, 1.82) is 0 Å². The molecule has 106 valence electrons. The Morgan fingerprint density at radius 3 is 2.37 bits per heavy atom. The standard InChI is InChI=1S/C13H15BrF3NO/c14-9-6-5-8(13(15,16)17)10(12(9)19)11(18)7-3-1-2-4-7/h5-7,11,19H,1-4,18H2/t11-/m1/s1. The van der Waals surface area contributed by atoms with Gasteiger partial charge in [-0.25, -0.2) is 0 Å². The van der Waals surface area contributed by atoms with Crippen molar-refractivity contribution in [3.63, 3.8) is 0 Å². The quantitative estimate of drug-likeness (QED) is 0.841. The largest absolute Gasteiger partial charge is 0.506 e. The predicted octanol–water partition coefficient (Wildman–Crippen LogP) is 4.36. The van der Waals surface area contributed by atoms with Crippen LogP contribution in [0.1, 0.15) is 42.9 Å². The second-order valence-electron chi connectivity index (χ2n) is 4.93. The Labute approximate surface area is 117 Å². The lowest BCUT2D eigenvalue weighted by molar-refractivity contribution is -0.138. The maximum atomic E-state index is 13.0. The summed E-state index contributed by atoms with van der Waals surface area (Å²) in [4.78, 5) is 0. The molecule has 19 heavy (non-hydrogen) atoms. The van der Waals surface area contributed by atoms with Crippen molar-refractivity contribution in [2.75, 3.05) is 0 Å². The van der Waals surface area contributed by atoms with Crippen LogP contribution in [-0.2, 0) is 6.18 Å². The molecule has 0 aliphatic heterocycles. The average Bonchev–Trinajstić information content (AvgIpc) is 2.83. The summed E-state index contributed by atoms with van der Waals surface area (Å²) in [6.07, 6.45) is -0.929. The zero-order valence-electron chi connectivity index (χ0n) is 10.2. The highest BCUT2D eigenvalue weighted by molar-refractivity contribution is 9.10. The lowest BCUT2D eigenvalue weighted by atomic mass is 9.88. The SMILES string of the molecule is N[C@@H](c1c(C(F)(F)F)ccc(Br)c1O)C1CCCC1. The molecule has 1 aliphatic rings. The first-order valence-electron chi connectivity index (χ1n) is 6.16. The van der Waals surface area contributed by atoms with Crippen LogP contribution in [-0.4, -0.2) is 5.11 Å². The fraction of sp³-hybridized carbons (Fsp3) is 0.538. The Morgan fingerprint density at radius 1 is 1.26 bits per heavy atom. The van der Waals surface area contributed by atoms with Crippen LogP contribution in [0.3, 0.4) is 0 Å². The number of hydrogen-bond acceptors (Lipinski definition) is 2. The number of rotatable bonds is 2. The normalized spacial score (nSPS) is 18.8. The van der Waals surface area contributed by atoms with Crippen LogP contribution in [0.2, 0.25) is 0 Å². The summed E-state index contributed by atoms with van der Waals surface area (Å²) in [6.45, 7) is 0. The molecule has 3 N–H and O–H groups in total. The number of phenols is 1. The molecule has 1 aromatic rings. The number of hydrogen-bond donors (Lipinski definition) is 2. The van der Waals surface area contributed by atoms with Crippen LogP contribution in [0.25, 0.3) is 0 Å². The van der Waals surface area contributed by atoms with E-state index in [1.54, 1.807) is 0 Å². The van der Waals surface area contributed by atoms with Crippen LogP contribution in [0.5, 0.6) is 5.75 Å². The van der Waals surface area contributed by atoms with Gasteiger partial charge in [-0.2, -0.15) is 13.2 Å². The van der Waals surface area contributed by atoms with Gasteiger partial charge in [0.2, 0.25) is 0 Å². The third-order valence-electron chi connectivity index (χ3n) is 3.71. The second-order valence-corrected chi connectivity index (χ2v) is 5.78. The van der Waals surface area contributed by atoms with E-state index in [2.05, 4.69) is 15.9 Å². The molecule has 0 spiro atoms. The Kier molecular flexibility index (Phi) is 4.11. The van der Waals surface area contributed by atoms with Gasteiger partial charge in [0.1, 0.15) is 5.75 Å². The molecule has 0 heterocycles. The highest BCUT2D eigenvalue weighted by Crippen LogP contribution is 2.45.